The number of nitrogens with one attached hydrogen (secondary N) is 1. The summed E-state index contributed by atoms with van der Waals surface area (Å²) in [5.74, 6) is 0.326. The lowest BCUT2D eigenvalue weighted by Gasteiger charge is -2.26. The van der Waals surface area contributed by atoms with Crippen molar-refractivity contribution >= 4 is 11.7 Å². The first-order chi connectivity index (χ1) is 11.7. The highest BCUT2D eigenvalue weighted by atomic mass is 19.4. The molecule has 2 aromatic rings. The van der Waals surface area contributed by atoms with E-state index in [2.05, 4.69) is 15.2 Å². The zero-order valence-electron chi connectivity index (χ0n) is 13.9. The number of halogens is 3. The molecule has 0 saturated heterocycles. The number of ether oxygens (including phenoxy) is 1. The Morgan fingerprint density at radius 1 is 1.28 bits per heavy atom. The number of nitrogens with zero attached hydrogens (tertiary/aromatic N) is 2. The molecule has 1 amide bonds. The van der Waals surface area contributed by atoms with E-state index in [4.69, 9.17) is 0 Å². The van der Waals surface area contributed by atoms with Crippen molar-refractivity contribution < 1.29 is 22.7 Å². The molecule has 1 saturated carbocycles. The standard InChI is InChI=1S/C17H18F3N3O2/c1-10(24)21-16-14(11-4-3-5-11)15(23(2)22-16)12-6-8-13(9-7-12)25-17(18,19)20/h6-9,11H,3-5H2,1-2H3,(H,21,22,24). The molecule has 1 N–H and O–H groups in total. The van der Waals surface area contributed by atoms with Crippen LogP contribution in [0.25, 0.3) is 11.3 Å². The van der Waals surface area contributed by atoms with Crippen molar-refractivity contribution in [2.75, 3.05) is 5.32 Å². The minimum absolute atomic E-state index is 0.209. The number of rotatable bonds is 4. The Hall–Kier alpha value is -2.51. The van der Waals surface area contributed by atoms with Gasteiger partial charge in [0.15, 0.2) is 5.82 Å². The average Bonchev–Trinajstić information content (AvgIpc) is 2.72. The molecule has 25 heavy (non-hydrogen) atoms. The van der Waals surface area contributed by atoms with Gasteiger partial charge in [0.1, 0.15) is 5.75 Å². The molecular formula is C17H18F3N3O2. The van der Waals surface area contributed by atoms with E-state index in [1.54, 1.807) is 23.9 Å². The summed E-state index contributed by atoms with van der Waals surface area (Å²) in [6.07, 6.45) is -1.61. The first kappa shape index (κ1) is 17.3. The highest BCUT2D eigenvalue weighted by Crippen LogP contribution is 2.44. The van der Waals surface area contributed by atoms with Crippen molar-refractivity contribution in [1.29, 1.82) is 0 Å². The van der Waals surface area contributed by atoms with Gasteiger partial charge in [-0.1, -0.05) is 6.42 Å². The molecule has 5 nitrogen and oxygen atoms in total. The number of carbonyl (C=O) groups is 1. The first-order valence-corrected chi connectivity index (χ1v) is 7.95. The van der Waals surface area contributed by atoms with Gasteiger partial charge >= 0.3 is 6.36 Å². The number of carbonyl (C=O) groups excluding carboxylic acids is 1. The predicted molar refractivity (Wildman–Crippen MR) is 86.2 cm³/mol. The summed E-state index contributed by atoms with van der Waals surface area (Å²) in [6, 6.07) is 5.69. The van der Waals surface area contributed by atoms with Crippen molar-refractivity contribution in [3.63, 3.8) is 0 Å². The number of anilines is 1. The molecule has 1 heterocycles. The van der Waals surface area contributed by atoms with Gasteiger partial charge in [-0.2, -0.15) is 5.10 Å². The molecule has 0 atom stereocenters. The molecule has 1 aliphatic carbocycles. The molecule has 1 aliphatic rings. The lowest BCUT2D eigenvalue weighted by atomic mass is 9.79. The lowest BCUT2D eigenvalue weighted by molar-refractivity contribution is -0.274. The van der Waals surface area contributed by atoms with Crippen molar-refractivity contribution in [2.24, 2.45) is 7.05 Å². The number of hydrogen-bond donors (Lipinski definition) is 1. The zero-order valence-corrected chi connectivity index (χ0v) is 13.9. The molecule has 0 unspecified atom stereocenters. The Balaban J connectivity index is 1.98. The number of alkyl halides is 3. The van der Waals surface area contributed by atoms with Crippen molar-refractivity contribution in [3.8, 4) is 17.0 Å². The maximum Gasteiger partial charge on any atom is 0.573 e. The molecule has 1 aromatic heterocycles. The zero-order chi connectivity index (χ0) is 18.2. The summed E-state index contributed by atoms with van der Waals surface area (Å²) in [5.41, 5.74) is 2.46. The summed E-state index contributed by atoms with van der Waals surface area (Å²) >= 11 is 0. The van der Waals surface area contributed by atoms with E-state index in [1.807, 2.05) is 0 Å². The Morgan fingerprint density at radius 3 is 2.40 bits per heavy atom. The van der Waals surface area contributed by atoms with E-state index >= 15 is 0 Å². The molecule has 3 rings (SSSR count). The van der Waals surface area contributed by atoms with Crippen LogP contribution < -0.4 is 10.1 Å². The summed E-state index contributed by atoms with van der Waals surface area (Å²) in [4.78, 5) is 11.4. The Labute approximate surface area is 142 Å². The van der Waals surface area contributed by atoms with Crippen LogP contribution in [0.3, 0.4) is 0 Å². The Morgan fingerprint density at radius 2 is 1.92 bits per heavy atom. The normalized spacial score (nSPS) is 14.9. The second-order valence-electron chi connectivity index (χ2n) is 6.12. The average molecular weight is 353 g/mol. The van der Waals surface area contributed by atoms with Crippen LogP contribution in [0.5, 0.6) is 5.75 Å². The van der Waals surface area contributed by atoms with Gasteiger partial charge in [-0.25, -0.2) is 0 Å². The van der Waals surface area contributed by atoms with Crippen LogP contribution in [0.2, 0.25) is 0 Å². The van der Waals surface area contributed by atoms with Crippen LogP contribution in [0.15, 0.2) is 24.3 Å². The van der Waals surface area contributed by atoms with Crippen molar-refractivity contribution in [1.82, 2.24) is 9.78 Å². The summed E-state index contributed by atoms with van der Waals surface area (Å²) in [7, 11) is 1.75. The van der Waals surface area contributed by atoms with Gasteiger partial charge in [0, 0.05) is 25.1 Å². The molecule has 8 heteroatoms. The number of hydrogen-bond acceptors (Lipinski definition) is 3. The topological polar surface area (TPSA) is 56.2 Å². The fourth-order valence-corrected chi connectivity index (χ4v) is 3.04. The maximum atomic E-state index is 12.3. The lowest BCUT2D eigenvalue weighted by Crippen LogP contribution is -2.17. The quantitative estimate of drug-likeness (QED) is 0.896. The fraction of sp³-hybridized carbons (Fsp3) is 0.412. The third-order valence-electron chi connectivity index (χ3n) is 4.25. The summed E-state index contributed by atoms with van der Waals surface area (Å²) in [5, 5.41) is 7.14. The SMILES string of the molecule is CC(=O)Nc1nn(C)c(-c2ccc(OC(F)(F)F)cc2)c1C1CCC1. The monoisotopic (exact) mass is 353 g/mol. The van der Waals surface area contributed by atoms with Crippen molar-refractivity contribution in [2.45, 2.75) is 38.5 Å². The second-order valence-corrected chi connectivity index (χ2v) is 6.12. The molecule has 1 fully saturated rings. The minimum atomic E-state index is -4.72. The van der Waals surface area contributed by atoms with Crippen molar-refractivity contribution in [3.05, 3.63) is 29.8 Å². The Kier molecular flexibility index (Phi) is 4.45. The van der Waals surface area contributed by atoms with E-state index in [-0.39, 0.29) is 17.6 Å². The predicted octanol–water partition coefficient (Wildman–Crippen LogP) is 4.21. The van der Waals surface area contributed by atoms with E-state index in [0.29, 0.717) is 5.82 Å². The van der Waals surface area contributed by atoms with Crippen LogP contribution in [-0.4, -0.2) is 22.1 Å². The summed E-state index contributed by atoms with van der Waals surface area (Å²) in [6.45, 7) is 1.42. The highest BCUT2D eigenvalue weighted by molar-refractivity contribution is 5.90. The number of aromatic nitrogens is 2. The van der Waals surface area contributed by atoms with E-state index in [0.717, 1.165) is 36.1 Å². The minimum Gasteiger partial charge on any atom is -0.406 e. The third-order valence-corrected chi connectivity index (χ3v) is 4.25. The summed E-state index contributed by atoms with van der Waals surface area (Å²) < 4.78 is 42.5. The van der Waals surface area contributed by atoms with Crippen LogP contribution >= 0.6 is 0 Å². The second kappa shape index (κ2) is 6.42. The van der Waals surface area contributed by atoms with Gasteiger partial charge in [-0.3, -0.25) is 9.48 Å². The molecule has 1 aromatic carbocycles. The maximum absolute atomic E-state index is 12.3. The van der Waals surface area contributed by atoms with Crippen LogP contribution in [0, 0.1) is 0 Å². The van der Waals surface area contributed by atoms with Crippen LogP contribution in [-0.2, 0) is 11.8 Å². The van der Waals surface area contributed by atoms with Gasteiger partial charge in [-0.15, -0.1) is 13.2 Å². The van der Waals surface area contributed by atoms with Gasteiger partial charge in [-0.05, 0) is 43.0 Å². The van der Waals surface area contributed by atoms with E-state index < -0.39 is 6.36 Å². The number of benzene rings is 1. The van der Waals surface area contributed by atoms with Gasteiger partial charge in [0.2, 0.25) is 5.91 Å². The fourth-order valence-electron chi connectivity index (χ4n) is 3.04. The molecule has 0 radical (unpaired) electrons. The van der Waals surface area contributed by atoms with Gasteiger partial charge in [0.05, 0.1) is 5.69 Å². The van der Waals surface area contributed by atoms with E-state index in [1.165, 1.54) is 19.1 Å². The highest BCUT2D eigenvalue weighted by Gasteiger charge is 2.32. The van der Waals surface area contributed by atoms with Crippen LogP contribution in [0.1, 0.15) is 37.7 Å². The number of amides is 1. The molecule has 0 spiro atoms. The van der Waals surface area contributed by atoms with Gasteiger partial charge < -0.3 is 10.1 Å². The smallest absolute Gasteiger partial charge is 0.406 e. The van der Waals surface area contributed by atoms with Gasteiger partial charge in [0.25, 0.3) is 0 Å². The van der Waals surface area contributed by atoms with E-state index in [9.17, 15) is 18.0 Å². The molecule has 0 aliphatic heterocycles. The third kappa shape index (κ3) is 3.78. The van der Waals surface area contributed by atoms with Crippen LogP contribution in [0.4, 0.5) is 19.0 Å². The number of aryl methyl sites for hydroxylation is 1. The largest absolute Gasteiger partial charge is 0.573 e. The molecular weight excluding hydrogens is 335 g/mol. The molecule has 0 bridgehead atoms. The first-order valence-electron chi connectivity index (χ1n) is 7.95. The molecule has 134 valence electrons. The Bertz CT molecular complexity index is 778.